The molecule has 2 aromatic carbocycles. The number of phenolic OH excluding ortho intramolecular Hbond substituents is 1. The summed E-state index contributed by atoms with van der Waals surface area (Å²) < 4.78 is 45.7. The maximum atomic E-state index is 15.2. The number of halogens is 6. The summed E-state index contributed by atoms with van der Waals surface area (Å²) in [6.07, 6.45) is -3.14. The quantitative estimate of drug-likeness (QED) is 0.175. The van der Waals surface area contributed by atoms with E-state index in [2.05, 4.69) is 10.4 Å². The molecule has 2 aliphatic heterocycles. The van der Waals surface area contributed by atoms with Crippen LogP contribution in [0.5, 0.6) is 11.5 Å². The number of methoxy groups -OCH3 is 1. The second kappa shape index (κ2) is 13.5. The Kier molecular flexibility index (Phi) is 9.34. The van der Waals surface area contributed by atoms with E-state index in [-0.39, 0.29) is 35.7 Å². The molecule has 6 atom stereocenters. The van der Waals surface area contributed by atoms with Crippen LogP contribution in [0.25, 0.3) is 0 Å². The first-order chi connectivity index (χ1) is 25.5. The average molecular weight is 808 g/mol. The van der Waals surface area contributed by atoms with Gasteiger partial charge in [-0.15, -0.1) is 0 Å². The Morgan fingerprint density at radius 2 is 1.72 bits per heavy atom. The minimum absolute atomic E-state index is 0.0423. The second-order valence-electron chi connectivity index (χ2n) is 13.4. The topological polar surface area (TPSA) is 166 Å². The smallest absolute Gasteiger partial charge is 0.417 e. The average Bonchev–Trinajstić information content (AvgIpc) is 3.49. The number of aromatic nitrogens is 1. The number of pyridine rings is 1. The first-order valence-corrected chi connectivity index (χ1v) is 17.6. The van der Waals surface area contributed by atoms with E-state index in [0.717, 1.165) is 4.90 Å². The van der Waals surface area contributed by atoms with Gasteiger partial charge >= 0.3 is 12.1 Å². The number of hydrazine groups is 1. The highest BCUT2D eigenvalue weighted by Crippen LogP contribution is 2.64. The van der Waals surface area contributed by atoms with E-state index < -0.39 is 99.4 Å². The maximum Gasteiger partial charge on any atom is 0.417 e. The number of nitrogens with one attached hydrogen (secondary N) is 1. The molecule has 3 fully saturated rings. The number of hydrogen-bond donors (Lipinski definition) is 3. The Balaban J connectivity index is 1.44. The van der Waals surface area contributed by atoms with Crippen LogP contribution in [0.4, 0.5) is 19.0 Å². The van der Waals surface area contributed by atoms with Gasteiger partial charge < -0.3 is 14.9 Å². The normalized spacial score (nSPS) is 26.4. The summed E-state index contributed by atoms with van der Waals surface area (Å²) in [5.74, 6) is -10.2. The molecule has 0 bridgehead atoms. The van der Waals surface area contributed by atoms with Gasteiger partial charge in [0.2, 0.25) is 11.8 Å². The van der Waals surface area contributed by atoms with Crippen molar-refractivity contribution in [3.63, 3.8) is 0 Å². The van der Waals surface area contributed by atoms with Crippen LogP contribution in [0.15, 0.2) is 60.3 Å². The predicted molar refractivity (Wildman–Crippen MR) is 186 cm³/mol. The number of phenols is 1. The van der Waals surface area contributed by atoms with Gasteiger partial charge in [0.15, 0.2) is 17.3 Å². The SMILES string of the molecule is COc1cc(C2C3=CCC4C(=O)N(CCC(=O)O)C(=O)C4C3CC3C(=O)N(Nc4ncc(C(F)(F)F)cc4Cl)C(=O)C32c2ccc(Cl)cc2)cc(Cl)c1O. The molecule has 3 N–H and O–H groups in total. The third kappa shape index (κ3) is 5.75. The summed E-state index contributed by atoms with van der Waals surface area (Å²) in [4.78, 5) is 73.7. The molecule has 1 aromatic heterocycles. The highest BCUT2D eigenvalue weighted by Gasteiger charge is 2.70. The van der Waals surface area contributed by atoms with Crippen LogP contribution in [0, 0.1) is 23.7 Å². The van der Waals surface area contributed by atoms with Crippen molar-refractivity contribution in [2.75, 3.05) is 19.1 Å². The van der Waals surface area contributed by atoms with Gasteiger partial charge in [0.05, 0.1) is 52.3 Å². The van der Waals surface area contributed by atoms with Crippen LogP contribution in [0.3, 0.4) is 0 Å². The number of ether oxygens (including phenoxy) is 1. The number of aromatic hydroxyl groups is 1. The molecule has 1 saturated carbocycles. The minimum Gasteiger partial charge on any atom is -0.503 e. The third-order valence-corrected chi connectivity index (χ3v) is 11.6. The van der Waals surface area contributed by atoms with Crippen LogP contribution < -0.4 is 10.2 Å². The molecular weight excluding hydrogens is 780 g/mol. The molecule has 0 radical (unpaired) electrons. The lowest BCUT2D eigenvalue weighted by Crippen LogP contribution is -2.53. The van der Waals surface area contributed by atoms with E-state index in [4.69, 9.17) is 39.5 Å². The summed E-state index contributed by atoms with van der Waals surface area (Å²) in [6.45, 7) is -0.357. The number of carbonyl (C=O) groups excluding carboxylic acids is 4. The van der Waals surface area contributed by atoms with Crippen LogP contribution >= 0.6 is 34.8 Å². The van der Waals surface area contributed by atoms with Crippen LogP contribution in [-0.4, -0.2) is 68.4 Å². The van der Waals surface area contributed by atoms with Gasteiger partial charge in [0.1, 0.15) is 0 Å². The van der Waals surface area contributed by atoms with Crippen molar-refractivity contribution in [3.8, 4) is 11.5 Å². The van der Waals surface area contributed by atoms with Gasteiger partial charge in [-0.05, 0) is 60.2 Å². The number of anilines is 1. The van der Waals surface area contributed by atoms with Gasteiger partial charge in [-0.1, -0.05) is 58.6 Å². The third-order valence-electron chi connectivity index (χ3n) is 10.8. The molecule has 3 aromatic rings. The number of amides is 4. The first-order valence-electron chi connectivity index (χ1n) is 16.5. The van der Waals surface area contributed by atoms with Gasteiger partial charge in [0.25, 0.3) is 11.8 Å². The Bertz CT molecular complexity index is 2170. The highest BCUT2D eigenvalue weighted by atomic mass is 35.5. The molecule has 18 heteroatoms. The van der Waals surface area contributed by atoms with Crippen molar-refractivity contribution < 1.29 is 52.1 Å². The largest absolute Gasteiger partial charge is 0.503 e. The van der Waals surface area contributed by atoms with Gasteiger partial charge in [-0.25, -0.2) is 4.98 Å². The summed E-state index contributed by atoms with van der Waals surface area (Å²) in [5, 5.41) is 20.2. The first kappa shape index (κ1) is 37.5. The molecule has 2 aliphatic carbocycles. The number of fused-ring (bicyclic) bond motifs is 4. The number of carboxylic acids is 1. The summed E-state index contributed by atoms with van der Waals surface area (Å²) in [5.41, 5.74) is 0.613. The molecule has 12 nitrogen and oxygen atoms in total. The number of rotatable bonds is 8. The van der Waals surface area contributed by atoms with E-state index in [0.29, 0.717) is 33.4 Å². The lowest BCUT2D eigenvalue weighted by Gasteiger charge is -2.50. The van der Waals surface area contributed by atoms with Crippen molar-refractivity contribution in [1.29, 1.82) is 0 Å². The lowest BCUT2D eigenvalue weighted by atomic mass is 9.49. The second-order valence-corrected chi connectivity index (χ2v) is 14.7. The Labute approximate surface area is 319 Å². The molecule has 282 valence electrons. The summed E-state index contributed by atoms with van der Waals surface area (Å²) in [6, 6.07) is 9.59. The number of benzene rings is 2. The van der Waals surface area contributed by atoms with E-state index in [1.165, 1.54) is 31.4 Å². The number of nitrogens with zero attached hydrogens (tertiary/aromatic N) is 3. The Hall–Kier alpha value is -4.86. The van der Waals surface area contributed by atoms with Crippen molar-refractivity contribution in [3.05, 3.63) is 92.1 Å². The number of likely N-dealkylation sites (tertiary alicyclic amines) is 1. The van der Waals surface area contributed by atoms with E-state index in [1.807, 2.05) is 0 Å². The van der Waals surface area contributed by atoms with Gasteiger partial charge in [-0.3, -0.25) is 34.3 Å². The van der Waals surface area contributed by atoms with Crippen LogP contribution in [0.2, 0.25) is 15.1 Å². The molecule has 54 heavy (non-hydrogen) atoms. The number of allylic oxidation sites excluding steroid dienone is 2. The molecular formula is C36H28Cl3F3N4O8. The molecule has 4 aliphatic rings. The number of carboxylic acid groups (broad SMARTS) is 1. The zero-order valence-corrected chi connectivity index (χ0v) is 30.1. The fourth-order valence-electron chi connectivity index (χ4n) is 8.57. The molecule has 4 amide bonds. The van der Waals surface area contributed by atoms with Crippen molar-refractivity contribution in [1.82, 2.24) is 14.9 Å². The fraction of sp³-hybridized carbons (Fsp3) is 0.333. The monoisotopic (exact) mass is 806 g/mol. The molecule has 3 heterocycles. The highest BCUT2D eigenvalue weighted by molar-refractivity contribution is 6.33. The zero-order valence-electron chi connectivity index (χ0n) is 27.9. The number of aliphatic carboxylic acids is 1. The summed E-state index contributed by atoms with van der Waals surface area (Å²) in [7, 11) is 1.28. The van der Waals surface area contributed by atoms with Gasteiger partial charge in [0, 0.05) is 23.7 Å². The lowest BCUT2D eigenvalue weighted by molar-refractivity contribution is -0.143. The number of carbonyl (C=O) groups is 5. The van der Waals surface area contributed by atoms with Crippen LogP contribution in [0.1, 0.15) is 41.9 Å². The van der Waals surface area contributed by atoms with E-state index >= 15 is 4.79 Å². The molecule has 6 unspecified atom stereocenters. The minimum atomic E-state index is -4.79. The predicted octanol–water partition coefficient (Wildman–Crippen LogP) is 6.23. The standard InChI is InChI=1S/C36H28Cl3F3N4O8/c1-54-25-11-15(10-23(38)29(25)49)28-19-6-7-20-27(33(52)45(31(20)50)9-8-26(47)48)21(19)13-22-32(51)46(34(53)35(22,28)16-2-4-18(37)5-3-16)44-30-24(39)12-17(14-43-30)36(40,41)42/h2-6,10-12,14,20-22,27-28,49H,7-9,13H2,1H3,(H,43,44)(H,47,48). The van der Waals surface area contributed by atoms with Crippen molar-refractivity contribution >= 4 is 70.2 Å². The van der Waals surface area contributed by atoms with Gasteiger partial charge in [-0.2, -0.15) is 18.2 Å². The number of alkyl halides is 3. The number of imide groups is 2. The molecule has 0 spiro atoms. The fourth-order valence-corrected chi connectivity index (χ4v) is 9.12. The van der Waals surface area contributed by atoms with Crippen molar-refractivity contribution in [2.24, 2.45) is 23.7 Å². The van der Waals surface area contributed by atoms with Crippen LogP contribution in [-0.2, 0) is 35.6 Å². The van der Waals surface area contributed by atoms with Crippen molar-refractivity contribution in [2.45, 2.75) is 36.8 Å². The number of hydrogen-bond acceptors (Lipinski definition) is 9. The molecule has 2 saturated heterocycles. The molecule has 7 rings (SSSR count). The summed E-state index contributed by atoms with van der Waals surface area (Å²) >= 11 is 19.0. The Morgan fingerprint density at radius 3 is 2.35 bits per heavy atom. The Morgan fingerprint density at radius 1 is 1.02 bits per heavy atom. The zero-order chi connectivity index (χ0) is 39.0. The maximum absolute atomic E-state index is 15.2. The van der Waals surface area contributed by atoms with E-state index in [9.17, 15) is 42.6 Å². The van der Waals surface area contributed by atoms with E-state index in [1.54, 1.807) is 18.2 Å².